The zero-order valence-corrected chi connectivity index (χ0v) is 24.4. The number of amides is 1. The Bertz CT molecular complexity index is 1730. The fourth-order valence-electron chi connectivity index (χ4n) is 4.11. The molecule has 0 fully saturated rings. The van der Waals surface area contributed by atoms with Gasteiger partial charge in [0, 0.05) is 26.9 Å². The minimum absolute atomic E-state index is 0.0208. The van der Waals surface area contributed by atoms with E-state index in [2.05, 4.69) is 24.7 Å². The van der Waals surface area contributed by atoms with Crippen LogP contribution in [0.3, 0.4) is 0 Å². The summed E-state index contributed by atoms with van der Waals surface area (Å²) in [6, 6.07) is 12.5. The average Bonchev–Trinajstić information content (AvgIpc) is 3.29. The van der Waals surface area contributed by atoms with Gasteiger partial charge in [0.25, 0.3) is 10.2 Å². The minimum atomic E-state index is -4.92. The van der Waals surface area contributed by atoms with Gasteiger partial charge in [-0.05, 0) is 69.0 Å². The summed E-state index contributed by atoms with van der Waals surface area (Å²) in [7, 11) is -4.12. The van der Waals surface area contributed by atoms with E-state index in [9.17, 15) is 31.5 Å². The molecule has 1 amide bonds. The number of carbonyl (C=O) groups is 1. The Hall–Kier alpha value is -3.63. The molecule has 0 saturated carbocycles. The zero-order valence-electron chi connectivity index (χ0n) is 22.8. The second kappa shape index (κ2) is 11.2. The molecule has 0 saturated heterocycles. The van der Waals surface area contributed by atoms with Gasteiger partial charge < -0.3 is 10.2 Å². The van der Waals surface area contributed by atoms with Crippen LogP contribution in [0.15, 0.2) is 60.8 Å². The van der Waals surface area contributed by atoms with Gasteiger partial charge in [0.2, 0.25) is 0 Å². The number of nitrogens with zero attached hydrogens (tertiary/aromatic N) is 2. The number of halogens is 3. The Morgan fingerprint density at radius 3 is 2.36 bits per heavy atom. The van der Waals surface area contributed by atoms with Gasteiger partial charge in [-0.1, -0.05) is 24.3 Å². The van der Waals surface area contributed by atoms with E-state index < -0.39 is 39.7 Å². The molecule has 0 bridgehead atoms. The predicted molar refractivity (Wildman–Crippen MR) is 153 cm³/mol. The number of hydrogen-bond donors (Lipinski definition) is 5. The molecule has 224 valence electrons. The van der Waals surface area contributed by atoms with Gasteiger partial charge in [0.15, 0.2) is 5.60 Å². The van der Waals surface area contributed by atoms with Crippen molar-refractivity contribution in [2.75, 3.05) is 5.32 Å². The molecule has 3 aromatic heterocycles. The standard InChI is InChI=1S/C27H28F3N5O5S2/c1-25(2,3)35-42(39,40)34-22(18-9-6-10-21(32-18)33-24(36)37)20-13-15-7-5-8-17(23(15)41-20)19-14-16(11-12-31-19)26(4,38)27(28,29)30/h5-14,22,34-35,38H,1-4H3,(H,32,33)(H,36,37)/t22-,26+/m1/s1. The Kier molecular flexibility index (Phi) is 8.37. The zero-order chi connectivity index (χ0) is 31.1. The number of benzene rings is 1. The molecule has 15 heteroatoms. The van der Waals surface area contributed by atoms with Gasteiger partial charge in [-0.3, -0.25) is 10.3 Å². The summed E-state index contributed by atoms with van der Waals surface area (Å²) in [5.74, 6) is -0.0208. The van der Waals surface area contributed by atoms with Gasteiger partial charge in [0.05, 0.1) is 17.4 Å². The number of anilines is 1. The van der Waals surface area contributed by atoms with Crippen LogP contribution in [0.2, 0.25) is 0 Å². The number of thiophene rings is 1. The average molecular weight is 624 g/mol. The lowest BCUT2D eigenvalue weighted by molar-refractivity contribution is -0.258. The van der Waals surface area contributed by atoms with E-state index in [1.54, 1.807) is 45.0 Å². The van der Waals surface area contributed by atoms with E-state index in [4.69, 9.17) is 5.11 Å². The van der Waals surface area contributed by atoms with Crippen molar-refractivity contribution in [2.45, 2.75) is 51.1 Å². The molecular formula is C27H28F3N5O5S2. The second-order valence-corrected chi connectivity index (χ2v) is 13.2. The summed E-state index contributed by atoms with van der Waals surface area (Å²) in [4.78, 5) is 20.2. The Labute approximate surface area is 243 Å². The van der Waals surface area contributed by atoms with E-state index in [1.165, 1.54) is 24.4 Å². The number of nitrogens with one attached hydrogen (secondary N) is 3. The number of aliphatic hydroxyl groups is 1. The molecular weight excluding hydrogens is 595 g/mol. The third-order valence-electron chi connectivity index (χ3n) is 6.01. The number of fused-ring (bicyclic) bond motifs is 1. The van der Waals surface area contributed by atoms with Crippen molar-refractivity contribution in [3.05, 3.63) is 76.9 Å². The molecule has 42 heavy (non-hydrogen) atoms. The lowest BCUT2D eigenvalue weighted by Crippen LogP contribution is -2.48. The third kappa shape index (κ3) is 7.04. The van der Waals surface area contributed by atoms with E-state index in [-0.39, 0.29) is 22.8 Å². The molecule has 4 rings (SSSR count). The highest BCUT2D eigenvalue weighted by Crippen LogP contribution is 2.42. The molecule has 2 atom stereocenters. The van der Waals surface area contributed by atoms with Crippen molar-refractivity contribution >= 4 is 43.5 Å². The summed E-state index contributed by atoms with van der Waals surface area (Å²) in [6.07, 6.45) is -5.09. The van der Waals surface area contributed by atoms with Crippen molar-refractivity contribution in [1.82, 2.24) is 19.4 Å². The van der Waals surface area contributed by atoms with E-state index in [0.717, 1.165) is 23.5 Å². The van der Waals surface area contributed by atoms with Crippen molar-refractivity contribution in [2.24, 2.45) is 0 Å². The van der Waals surface area contributed by atoms with E-state index in [0.29, 0.717) is 27.5 Å². The third-order valence-corrected chi connectivity index (χ3v) is 8.69. The lowest BCUT2D eigenvalue weighted by atomic mass is 9.94. The van der Waals surface area contributed by atoms with E-state index >= 15 is 0 Å². The maximum absolute atomic E-state index is 13.5. The van der Waals surface area contributed by atoms with Crippen LogP contribution >= 0.6 is 11.3 Å². The summed E-state index contributed by atoms with van der Waals surface area (Å²) in [5.41, 5.74) is -3.49. The number of pyridine rings is 2. The van der Waals surface area contributed by atoms with Crippen molar-refractivity contribution < 1.29 is 36.6 Å². The SMILES string of the molecule is CC(C)(C)NS(=O)(=O)N[C@H](c1cccc(NC(=O)O)n1)c1cc2cccc(-c3cc([C@](C)(O)C(F)(F)F)ccn3)c2s1. The van der Waals surface area contributed by atoms with Gasteiger partial charge >= 0.3 is 12.3 Å². The highest BCUT2D eigenvalue weighted by atomic mass is 32.2. The summed E-state index contributed by atoms with van der Waals surface area (Å²) < 4.78 is 72.5. The fourth-order valence-corrected chi connectivity index (χ4v) is 6.86. The van der Waals surface area contributed by atoms with E-state index in [1.807, 2.05) is 0 Å². The van der Waals surface area contributed by atoms with Crippen LogP contribution in [0.4, 0.5) is 23.8 Å². The van der Waals surface area contributed by atoms with Crippen LogP contribution in [0.5, 0.6) is 0 Å². The molecule has 4 aromatic rings. The van der Waals surface area contributed by atoms with Gasteiger partial charge in [-0.2, -0.15) is 31.0 Å². The molecule has 0 spiro atoms. The number of alkyl halides is 3. The van der Waals surface area contributed by atoms with Crippen molar-refractivity contribution in [3.8, 4) is 11.3 Å². The first-order valence-corrected chi connectivity index (χ1v) is 14.7. The summed E-state index contributed by atoms with van der Waals surface area (Å²) in [6.45, 7) is 5.66. The molecule has 0 unspecified atom stereocenters. The summed E-state index contributed by atoms with van der Waals surface area (Å²) >= 11 is 1.16. The molecule has 5 N–H and O–H groups in total. The number of aromatic nitrogens is 2. The molecule has 0 aliphatic rings. The van der Waals surface area contributed by atoms with Crippen LogP contribution in [0, 0.1) is 0 Å². The molecule has 0 radical (unpaired) electrons. The highest BCUT2D eigenvalue weighted by molar-refractivity contribution is 7.87. The van der Waals surface area contributed by atoms with Crippen LogP contribution in [0.1, 0.15) is 49.9 Å². The highest BCUT2D eigenvalue weighted by Gasteiger charge is 2.51. The topological polar surface area (TPSA) is 154 Å². The Morgan fingerprint density at radius 2 is 1.71 bits per heavy atom. The number of rotatable bonds is 8. The predicted octanol–water partition coefficient (Wildman–Crippen LogP) is 5.53. The monoisotopic (exact) mass is 623 g/mol. The van der Waals surface area contributed by atoms with Crippen molar-refractivity contribution in [1.29, 1.82) is 0 Å². The maximum Gasteiger partial charge on any atom is 0.421 e. The quantitative estimate of drug-likeness (QED) is 0.173. The molecule has 3 heterocycles. The fraction of sp³-hybridized carbons (Fsp3) is 0.296. The van der Waals surface area contributed by atoms with Gasteiger partial charge in [0.1, 0.15) is 5.82 Å². The normalized spacial score (nSPS) is 14.9. The first-order valence-electron chi connectivity index (χ1n) is 12.4. The largest absolute Gasteiger partial charge is 0.465 e. The maximum atomic E-state index is 13.5. The Morgan fingerprint density at radius 1 is 1.02 bits per heavy atom. The first-order chi connectivity index (χ1) is 19.4. The number of carboxylic acid groups (broad SMARTS) is 1. The molecule has 0 aliphatic carbocycles. The summed E-state index contributed by atoms with van der Waals surface area (Å²) in [5, 5.41) is 22.1. The number of hydrogen-bond acceptors (Lipinski definition) is 7. The molecule has 10 nitrogen and oxygen atoms in total. The van der Waals surface area contributed by atoms with Crippen LogP contribution < -0.4 is 14.8 Å². The van der Waals surface area contributed by atoms with Crippen LogP contribution in [-0.2, 0) is 15.8 Å². The molecule has 0 aliphatic heterocycles. The van der Waals surface area contributed by atoms with Crippen LogP contribution in [0.25, 0.3) is 21.3 Å². The first kappa shape index (κ1) is 31.3. The smallest absolute Gasteiger partial charge is 0.421 e. The van der Waals surface area contributed by atoms with Gasteiger partial charge in [-0.25, -0.2) is 9.78 Å². The second-order valence-electron chi connectivity index (χ2n) is 10.7. The van der Waals surface area contributed by atoms with Crippen LogP contribution in [-0.4, -0.2) is 46.4 Å². The lowest BCUT2D eigenvalue weighted by Gasteiger charge is -2.26. The minimum Gasteiger partial charge on any atom is -0.465 e. The van der Waals surface area contributed by atoms with Gasteiger partial charge in [-0.15, -0.1) is 11.3 Å². The Balaban J connectivity index is 1.85. The molecule has 1 aromatic carbocycles. The van der Waals surface area contributed by atoms with Crippen molar-refractivity contribution in [3.63, 3.8) is 0 Å².